The van der Waals surface area contributed by atoms with E-state index in [-0.39, 0.29) is 4.90 Å². The molecule has 0 radical (unpaired) electrons. The molecular weight excluding hydrogens is 438 g/mol. The summed E-state index contributed by atoms with van der Waals surface area (Å²) in [6.45, 7) is 5.20. The summed E-state index contributed by atoms with van der Waals surface area (Å²) in [5.41, 5.74) is 6.27. The summed E-state index contributed by atoms with van der Waals surface area (Å²) >= 11 is 0. The second kappa shape index (κ2) is 10.3. The van der Waals surface area contributed by atoms with Crippen LogP contribution < -0.4 is 14.5 Å². The summed E-state index contributed by atoms with van der Waals surface area (Å²) in [6, 6.07) is 19.1. The summed E-state index contributed by atoms with van der Waals surface area (Å²) in [7, 11) is -2.42. The average molecular weight is 466 g/mol. The minimum absolute atomic E-state index is 0.112. The molecule has 3 aromatic rings. The number of hydrogen-bond acceptors (Lipinski definition) is 5. The van der Waals surface area contributed by atoms with Crippen molar-refractivity contribution in [1.82, 2.24) is 5.43 Å². The minimum Gasteiger partial charge on any atom is -0.497 e. The van der Waals surface area contributed by atoms with E-state index in [1.807, 2.05) is 39.0 Å². The topological polar surface area (TPSA) is 88.1 Å². The van der Waals surface area contributed by atoms with Gasteiger partial charge in [0.25, 0.3) is 15.9 Å². The fourth-order valence-electron chi connectivity index (χ4n) is 3.29. The fourth-order valence-corrected chi connectivity index (χ4v) is 4.77. The van der Waals surface area contributed by atoms with E-state index in [9.17, 15) is 13.2 Å². The molecule has 0 atom stereocenters. The van der Waals surface area contributed by atoms with Crippen LogP contribution in [0, 0.1) is 20.8 Å². The van der Waals surface area contributed by atoms with Gasteiger partial charge in [-0.05, 0) is 62.2 Å². The Morgan fingerprint density at radius 3 is 2.36 bits per heavy atom. The summed E-state index contributed by atoms with van der Waals surface area (Å²) in [4.78, 5) is 12.8. The van der Waals surface area contributed by atoms with E-state index in [1.165, 1.54) is 6.21 Å². The number of nitrogens with one attached hydrogen (secondary N) is 1. The number of nitrogens with zero attached hydrogens (tertiary/aromatic N) is 2. The van der Waals surface area contributed by atoms with E-state index in [0.717, 1.165) is 26.6 Å². The third kappa shape index (κ3) is 5.98. The largest absolute Gasteiger partial charge is 0.497 e. The van der Waals surface area contributed by atoms with Crippen LogP contribution in [-0.2, 0) is 14.8 Å². The number of hydrazone groups is 1. The number of rotatable bonds is 8. The summed E-state index contributed by atoms with van der Waals surface area (Å²) < 4.78 is 33.2. The standard InChI is InChI=1S/C25H27N3O4S/c1-18-8-11-23(12-9-18)33(30,31)28(24-13-10-19(2)14-20(24)3)17-25(29)27-26-16-21-6-5-7-22(15-21)32-4/h5-16H,17H2,1-4H3,(H,27,29)/b26-16-. The van der Waals surface area contributed by atoms with Crippen LogP contribution in [0.4, 0.5) is 5.69 Å². The lowest BCUT2D eigenvalue weighted by atomic mass is 10.1. The number of benzene rings is 3. The molecule has 0 aliphatic rings. The third-order valence-electron chi connectivity index (χ3n) is 5.01. The first kappa shape index (κ1) is 24.0. The number of hydrogen-bond donors (Lipinski definition) is 1. The molecule has 0 heterocycles. The molecule has 0 bridgehead atoms. The molecule has 172 valence electrons. The van der Waals surface area contributed by atoms with Crippen LogP contribution in [0.25, 0.3) is 0 Å². The lowest BCUT2D eigenvalue weighted by molar-refractivity contribution is -0.119. The lowest BCUT2D eigenvalue weighted by Gasteiger charge is -2.25. The molecule has 0 spiro atoms. The van der Waals surface area contributed by atoms with Crippen molar-refractivity contribution in [2.24, 2.45) is 5.10 Å². The second-order valence-corrected chi connectivity index (χ2v) is 9.55. The molecule has 33 heavy (non-hydrogen) atoms. The maximum Gasteiger partial charge on any atom is 0.264 e. The van der Waals surface area contributed by atoms with Crippen molar-refractivity contribution in [3.8, 4) is 5.75 Å². The van der Waals surface area contributed by atoms with Gasteiger partial charge in [-0.25, -0.2) is 13.8 Å². The Labute approximate surface area is 194 Å². The van der Waals surface area contributed by atoms with Gasteiger partial charge >= 0.3 is 0 Å². The number of amides is 1. The number of anilines is 1. The normalized spacial score (nSPS) is 11.4. The van der Waals surface area contributed by atoms with Crippen molar-refractivity contribution < 1.29 is 17.9 Å². The molecule has 7 nitrogen and oxygen atoms in total. The van der Waals surface area contributed by atoms with Crippen molar-refractivity contribution in [2.45, 2.75) is 25.7 Å². The number of carbonyl (C=O) groups is 1. The maximum atomic E-state index is 13.5. The highest BCUT2D eigenvalue weighted by molar-refractivity contribution is 7.92. The molecule has 0 unspecified atom stereocenters. The Kier molecular flexibility index (Phi) is 7.50. The van der Waals surface area contributed by atoms with Crippen LogP contribution in [0.2, 0.25) is 0 Å². The van der Waals surface area contributed by atoms with Crippen LogP contribution in [0.5, 0.6) is 5.75 Å². The third-order valence-corrected chi connectivity index (χ3v) is 6.79. The monoisotopic (exact) mass is 465 g/mol. The number of aryl methyl sites for hydroxylation is 3. The van der Waals surface area contributed by atoms with E-state index in [0.29, 0.717) is 11.4 Å². The Morgan fingerprint density at radius 1 is 1.00 bits per heavy atom. The molecule has 0 saturated carbocycles. The number of sulfonamides is 1. The smallest absolute Gasteiger partial charge is 0.264 e. The quantitative estimate of drug-likeness (QED) is 0.403. The highest BCUT2D eigenvalue weighted by Crippen LogP contribution is 2.27. The molecule has 3 rings (SSSR count). The van der Waals surface area contributed by atoms with E-state index < -0.39 is 22.5 Å². The van der Waals surface area contributed by atoms with E-state index in [4.69, 9.17) is 4.74 Å². The van der Waals surface area contributed by atoms with E-state index in [2.05, 4.69) is 10.5 Å². The zero-order valence-corrected chi connectivity index (χ0v) is 19.9. The van der Waals surface area contributed by atoms with E-state index in [1.54, 1.807) is 55.6 Å². The van der Waals surface area contributed by atoms with Gasteiger partial charge in [0.15, 0.2) is 0 Å². The Hall–Kier alpha value is -3.65. The van der Waals surface area contributed by atoms with Gasteiger partial charge in [0.2, 0.25) is 0 Å². The van der Waals surface area contributed by atoms with Crippen molar-refractivity contribution >= 4 is 27.8 Å². The SMILES string of the molecule is COc1cccc(/C=N\NC(=O)CN(c2ccc(C)cc2C)S(=O)(=O)c2ccc(C)cc2)c1. The predicted octanol–water partition coefficient (Wildman–Crippen LogP) is 3.97. The molecule has 1 amide bonds. The first-order chi connectivity index (χ1) is 15.7. The van der Waals surface area contributed by atoms with Gasteiger partial charge in [0, 0.05) is 0 Å². The Balaban J connectivity index is 1.87. The van der Waals surface area contributed by atoms with Gasteiger partial charge in [-0.2, -0.15) is 5.10 Å². The lowest BCUT2D eigenvalue weighted by Crippen LogP contribution is -2.40. The van der Waals surface area contributed by atoms with Crippen LogP contribution in [0.15, 0.2) is 76.7 Å². The van der Waals surface area contributed by atoms with Crippen molar-refractivity contribution in [1.29, 1.82) is 0 Å². The van der Waals surface area contributed by atoms with Gasteiger partial charge in [0.05, 0.1) is 23.9 Å². The van der Waals surface area contributed by atoms with Crippen LogP contribution in [0.3, 0.4) is 0 Å². The van der Waals surface area contributed by atoms with Crippen LogP contribution in [0.1, 0.15) is 22.3 Å². The molecular formula is C25H27N3O4S. The van der Waals surface area contributed by atoms with Gasteiger partial charge in [-0.3, -0.25) is 9.10 Å². The second-order valence-electron chi connectivity index (χ2n) is 7.68. The van der Waals surface area contributed by atoms with Gasteiger partial charge < -0.3 is 4.74 Å². The molecule has 0 fully saturated rings. The van der Waals surface area contributed by atoms with Crippen LogP contribution >= 0.6 is 0 Å². The average Bonchev–Trinajstić information content (AvgIpc) is 2.78. The molecule has 0 aliphatic carbocycles. The Morgan fingerprint density at radius 2 is 1.70 bits per heavy atom. The van der Waals surface area contributed by atoms with Gasteiger partial charge in [-0.15, -0.1) is 0 Å². The van der Waals surface area contributed by atoms with Crippen molar-refractivity contribution in [3.05, 3.63) is 89.0 Å². The fraction of sp³-hybridized carbons (Fsp3) is 0.200. The molecule has 0 aromatic heterocycles. The zero-order chi connectivity index (χ0) is 24.0. The molecule has 3 aromatic carbocycles. The molecule has 0 aliphatic heterocycles. The number of methoxy groups -OCH3 is 1. The first-order valence-electron chi connectivity index (χ1n) is 10.3. The molecule has 8 heteroatoms. The highest BCUT2D eigenvalue weighted by atomic mass is 32.2. The number of carbonyl (C=O) groups excluding carboxylic acids is 1. The van der Waals surface area contributed by atoms with Gasteiger partial charge in [0.1, 0.15) is 12.3 Å². The first-order valence-corrected chi connectivity index (χ1v) is 11.8. The van der Waals surface area contributed by atoms with Crippen molar-refractivity contribution in [3.63, 3.8) is 0 Å². The summed E-state index contributed by atoms with van der Waals surface area (Å²) in [5, 5.41) is 3.97. The predicted molar refractivity (Wildman–Crippen MR) is 130 cm³/mol. The molecule has 1 N–H and O–H groups in total. The van der Waals surface area contributed by atoms with Gasteiger partial charge in [-0.1, -0.05) is 47.5 Å². The minimum atomic E-state index is -3.98. The van der Waals surface area contributed by atoms with Crippen LogP contribution in [-0.4, -0.2) is 34.2 Å². The number of ether oxygens (including phenoxy) is 1. The van der Waals surface area contributed by atoms with E-state index >= 15 is 0 Å². The molecule has 0 saturated heterocycles. The summed E-state index contributed by atoms with van der Waals surface area (Å²) in [6.07, 6.45) is 1.47. The van der Waals surface area contributed by atoms with Crippen molar-refractivity contribution in [2.75, 3.05) is 18.0 Å². The highest BCUT2D eigenvalue weighted by Gasteiger charge is 2.28. The summed E-state index contributed by atoms with van der Waals surface area (Å²) in [5.74, 6) is 0.0975. The zero-order valence-electron chi connectivity index (χ0n) is 19.1. The maximum absolute atomic E-state index is 13.5. The Bertz CT molecular complexity index is 1270.